The van der Waals surface area contributed by atoms with Gasteiger partial charge < -0.3 is 14.7 Å². The molecule has 180 valence electrons. The average Bonchev–Trinajstić information content (AvgIpc) is 3.39. The summed E-state index contributed by atoms with van der Waals surface area (Å²) in [7, 11) is 1.60. The van der Waals surface area contributed by atoms with Gasteiger partial charge in [-0.1, -0.05) is 48.5 Å². The van der Waals surface area contributed by atoms with Crippen LogP contribution in [0.25, 0.3) is 11.1 Å². The Morgan fingerprint density at radius 2 is 1.71 bits per heavy atom. The molecule has 1 aliphatic heterocycles. The number of ether oxygens (including phenoxy) is 1. The first-order valence-corrected chi connectivity index (χ1v) is 11.6. The molecule has 9 heteroatoms. The summed E-state index contributed by atoms with van der Waals surface area (Å²) in [6.45, 7) is 0.527. The highest BCUT2D eigenvalue weighted by Gasteiger charge is 2.34. The summed E-state index contributed by atoms with van der Waals surface area (Å²) in [5.74, 6) is -1.27. The smallest absolute Gasteiger partial charge is 0.412 e. The highest BCUT2D eigenvalue weighted by Crippen LogP contribution is 2.44. The summed E-state index contributed by atoms with van der Waals surface area (Å²) in [5, 5.41) is 16.3. The lowest BCUT2D eigenvalue weighted by Crippen LogP contribution is -2.48. The molecule has 1 aromatic heterocycles. The number of aliphatic carboxylic acids is 1. The number of hydrogen-bond donors (Lipinski definition) is 2. The van der Waals surface area contributed by atoms with E-state index >= 15 is 0 Å². The minimum Gasteiger partial charge on any atom is -0.480 e. The minimum atomic E-state index is -1.02. The summed E-state index contributed by atoms with van der Waals surface area (Å²) in [6, 6.07) is 16.8. The number of aromatic nitrogens is 2. The van der Waals surface area contributed by atoms with E-state index in [-0.39, 0.29) is 24.0 Å². The van der Waals surface area contributed by atoms with Crippen molar-refractivity contribution in [2.24, 2.45) is 7.05 Å². The fourth-order valence-corrected chi connectivity index (χ4v) is 5.01. The Balaban J connectivity index is 1.26. The molecular formula is C26H26N4O5. The zero-order chi connectivity index (χ0) is 24.5. The number of amides is 2. The van der Waals surface area contributed by atoms with E-state index in [1.165, 1.54) is 15.6 Å². The molecule has 2 N–H and O–H groups in total. The number of nitrogens with one attached hydrogen (secondary N) is 1. The largest absolute Gasteiger partial charge is 0.480 e. The van der Waals surface area contributed by atoms with Gasteiger partial charge in [-0.2, -0.15) is 5.10 Å². The lowest BCUT2D eigenvalue weighted by Gasteiger charge is -2.32. The number of anilines is 1. The molecule has 5 rings (SSSR count). The molecule has 0 saturated carbocycles. The van der Waals surface area contributed by atoms with Crippen LogP contribution in [0.4, 0.5) is 10.6 Å². The van der Waals surface area contributed by atoms with Crippen molar-refractivity contribution in [2.45, 2.75) is 31.2 Å². The van der Waals surface area contributed by atoms with Crippen LogP contribution in [-0.2, 0) is 16.6 Å². The van der Waals surface area contributed by atoms with E-state index in [0.29, 0.717) is 13.0 Å². The van der Waals surface area contributed by atoms with Crippen LogP contribution in [0.3, 0.4) is 0 Å². The Morgan fingerprint density at radius 1 is 1.06 bits per heavy atom. The maximum atomic E-state index is 12.9. The quantitative estimate of drug-likeness (QED) is 0.581. The molecule has 0 bridgehead atoms. The molecule has 1 unspecified atom stereocenters. The third-order valence-corrected chi connectivity index (χ3v) is 6.72. The predicted octanol–water partition coefficient (Wildman–Crippen LogP) is 3.86. The van der Waals surface area contributed by atoms with Crippen LogP contribution in [0, 0.1) is 0 Å². The van der Waals surface area contributed by atoms with Crippen LogP contribution >= 0.6 is 0 Å². The van der Waals surface area contributed by atoms with E-state index in [4.69, 9.17) is 4.74 Å². The zero-order valence-electron chi connectivity index (χ0n) is 19.3. The number of rotatable bonds is 5. The van der Waals surface area contributed by atoms with Crippen molar-refractivity contribution in [3.63, 3.8) is 0 Å². The van der Waals surface area contributed by atoms with Crippen LogP contribution in [-0.4, -0.2) is 57.0 Å². The van der Waals surface area contributed by atoms with E-state index in [0.717, 1.165) is 35.1 Å². The molecule has 2 amide bonds. The number of fused-ring (bicyclic) bond motifs is 3. The summed E-state index contributed by atoms with van der Waals surface area (Å²) in [4.78, 5) is 38.5. The summed E-state index contributed by atoms with van der Waals surface area (Å²) in [6.07, 6.45) is 1.26. The first-order valence-electron chi connectivity index (χ1n) is 11.6. The van der Waals surface area contributed by atoms with Gasteiger partial charge in [0.25, 0.3) is 5.91 Å². The number of carbonyl (C=O) groups excluding carboxylic acids is 2. The second-order valence-electron chi connectivity index (χ2n) is 8.84. The van der Waals surface area contributed by atoms with Crippen LogP contribution < -0.4 is 5.32 Å². The molecule has 9 nitrogen and oxygen atoms in total. The third kappa shape index (κ3) is 4.25. The number of hydrogen-bond acceptors (Lipinski definition) is 5. The Kier molecular flexibility index (Phi) is 5.98. The highest BCUT2D eigenvalue weighted by atomic mass is 16.5. The van der Waals surface area contributed by atoms with Gasteiger partial charge in [0.15, 0.2) is 5.69 Å². The number of benzene rings is 2. The van der Waals surface area contributed by atoms with Crippen molar-refractivity contribution < 1.29 is 24.2 Å². The van der Waals surface area contributed by atoms with Crippen molar-refractivity contribution >= 4 is 23.8 Å². The molecule has 0 spiro atoms. The standard InChI is InChI=1S/C26H26N4O5/c1-29-23(14-21(28-29)24(31)30-13-7-6-12-22(30)25(32)33)27-26(34)35-15-20-18-10-4-2-8-16(18)17-9-3-5-11-19(17)20/h2-5,8-11,14,20,22H,6-7,12-13,15H2,1H3,(H,27,34)(H,32,33). The molecule has 1 saturated heterocycles. The lowest BCUT2D eigenvalue weighted by molar-refractivity contribution is -0.143. The SMILES string of the molecule is Cn1nc(C(=O)N2CCCCC2C(=O)O)cc1NC(=O)OCC1c2ccccc2-c2ccccc21. The van der Waals surface area contributed by atoms with Gasteiger partial charge in [-0.3, -0.25) is 14.8 Å². The molecule has 35 heavy (non-hydrogen) atoms. The van der Waals surface area contributed by atoms with Crippen molar-refractivity contribution in [3.8, 4) is 11.1 Å². The average molecular weight is 475 g/mol. The van der Waals surface area contributed by atoms with Crippen LogP contribution in [0.2, 0.25) is 0 Å². The maximum absolute atomic E-state index is 12.9. The van der Waals surface area contributed by atoms with Gasteiger partial charge in [0.1, 0.15) is 18.5 Å². The third-order valence-electron chi connectivity index (χ3n) is 6.72. The summed E-state index contributed by atoms with van der Waals surface area (Å²) < 4.78 is 6.94. The van der Waals surface area contributed by atoms with Crippen molar-refractivity contribution in [3.05, 3.63) is 71.4 Å². The number of carboxylic acid groups (broad SMARTS) is 1. The fourth-order valence-electron chi connectivity index (χ4n) is 5.01. The molecule has 0 radical (unpaired) electrons. The van der Waals surface area contributed by atoms with Gasteiger partial charge >= 0.3 is 12.1 Å². The predicted molar refractivity (Wildman–Crippen MR) is 128 cm³/mol. The monoisotopic (exact) mass is 474 g/mol. The Morgan fingerprint density at radius 3 is 2.37 bits per heavy atom. The molecule has 3 aromatic rings. The second kappa shape index (κ2) is 9.25. The van der Waals surface area contributed by atoms with E-state index < -0.39 is 24.0 Å². The van der Waals surface area contributed by atoms with Gasteiger partial charge in [-0.05, 0) is 41.5 Å². The van der Waals surface area contributed by atoms with E-state index in [2.05, 4.69) is 22.5 Å². The molecule has 1 atom stereocenters. The number of aryl methyl sites for hydroxylation is 1. The van der Waals surface area contributed by atoms with Gasteiger partial charge in [0, 0.05) is 25.6 Å². The van der Waals surface area contributed by atoms with Crippen LogP contribution in [0.15, 0.2) is 54.6 Å². The van der Waals surface area contributed by atoms with Gasteiger partial charge in [0.2, 0.25) is 0 Å². The minimum absolute atomic E-state index is 0.0659. The fraction of sp³-hybridized carbons (Fsp3) is 0.308. The topological polar surface area (TPSA) is 114 Å². The number of likely N-dealkylation sites (tertiary alicyclic amines) is 1. The molecule has 2 aromatic carbocycles. The molecular weight excluding hydrogens is 448 g/mol. The lowest BCUT2D eigenvalue weighted by atomic mass is 9.98. The molecule has 2 aliphatic rings. The first-order chi connectivity index (χ1) is 16.9. The maximum Gasteiger partial charge on any atom is 0.412 e. The Bertz CT molecular complexity index is 1250. The van der Waals surface area contributed by atoms with E-state index in [1.807, 2.05) is 36.4 Å². The van der Waals surface area contributed by atoms with Gasteiger partial charge in [-0.15, -0.1) is 0 Å². The van der Waals surface area contributed by atoms with E-state index in [9.17, 15) is 19.5 Å². The molecule has 1 aliphatic carbocycles. The van der Waals surface area contributed by atoms with Gasteiger partial charge in [0.05, 0.1) is 0 Å². The number of carbonyl (C=O) groups is 3. The van der Waals surface area contributed by atoms with E-state index in [1.54, 1.807) is 7.05 Å². The number of piperidine rings is 1. The number of carboxylic acids is 1. The Labute approximate surface area is 202 Å². The second-order valence-corrected chi connectivity index (χ2v) is 8.84. The summed E-state index contributed by atoms with van der Waals surface area (Å²) >= 11 is 0. The van der Waals surface area contributed by atoms with Crippen LogP contribution in [0.5, 0.6) is 0 Å². The van der Waals surface area contributed by atoms with Crippen molar-refractivity contribution in [1.29, 1.82) is 0 Å². The highest BCUT2D eigenvalue weighted by molar-refractivity contribution is 5.96. The molecule has 1 fully saturated rings. The summed E-state index contributed by atoms with van der Waals surface area (Å²) in [5.41, 5.74) is 4.59. The van der Waals surface area contributed by atoms with Crippen LogP contribution in [0.1, 0.15) is 46.8 Å². The van der Waals surface area contributed by atoms with Crippen molar-refractivity contribution in [2.75, 3.05) is 18.5 Å². The van der Waals surface area contributed by atoms with Crippen molar-refractivity contribution in [1.82, 2.24) is 14.7 Å². The zero-order valence-corrected chi connectivity index (χ0v) is 19.3. The number of nitrogens with zero attached hydrogens (tertiary/aromatic N) is 3. The first kappa shape index (κ1) is 22.6. The molecule has 2 heterocycles. The van der Waals surface area contributed by atoms with Gasteiger partial charge in [-0.25, -0.2) is 9.59 Å². The Hall–Kier alpha value is -4.14. The normalized spacial score (nSPS) is 16.9.